The highest BCUT2D eigenvalue weighted by atomic mass is 32.1. The Labute approximate surface area is 181 Å². The van der Waals surface area contributed by atoms with Gasteiger partial charge in [0.15, 0.2) is 5.96 Å². The number of guanidine groups is 1. The SMILES string of the molecule is CCOC(=O)c1sc(C(C)NC(=NC)NCc2ccnc(N3CCCC3)c2)nc1C. The minimum Gasteiger partial charge on any atom is -0.462 e. The molecule has 3 rings (SSSR count). The van der Waals surface area contributed by atoms with Crippen LogP contribution in [0, 0.1) is 6.92 Å². The zero-order valence-corrected chi connectivity index (χ0v) is 18.9. The van der Waals surface area contributed by atoms with Gasteiger partial charge in [-0.05, 0) is 51.3 Å². The fourth-order valence-electron chi connectivity index (χ4n) is 3.33. The Morgan fingerprint density at radius 1 is 1.40 bits per heavy atom. The second-order valence-electron chi connectivity index (χ2n) is 7.20. The molecule has 3 heterocycles. The average molecular weight is 431 g/mol. The molecule has 0 amide bonds. The third-order valence-electron chi connectivity index (χ3n) is 4.92. The minimum atomic E-state index is -0.319. The topological polar surface area (TPSA) is 91.7 Å². The number of ether oxygens (including phenoxy) is 1. The number of carbonyl (C=O) groups excluding carboxylic acids is 1. The molecule has 1 atom stereocenters. The van der Waals surface area contributed by atoms with Gasteiger partial charge < -0.3 is 20.3 Å². The van der Waals surface area contributed by atoms with E-state index >= 15 is 0 Å². The number of rotatable bonds is 7. The van der Waals surface area contributed by atoms with Crippen molar-refractivity contribution in [1.82, 2.24) is 20.6 Å². The molecule has 1 aliphatic heterocycles. The van der Waals surface area contributed by atoms with Crippen molar-refractivity contribution in [3.63, 3.8) is 0 Å². The van der Waals surface area contributed by atoms with Crippen molar-refractivity contribution in [2.45, 2.75) is 46.2 Å². The third-order valence-corrected chi connectivity index (χ3v) is 6.24. The smallest absolute Gasteiger partial charge is 0.350 e. The summed E-state index contributed by atoms with van der Waals surface area (Å²) in [5.74, 6) is 1.39. The highest BCUT2D eigenvalue weighted by molar-refractivity contribution is 7.13. The molecule has 1 fully saturated rings. The molecule has 0 bridgehead atoms. The molecule has 1 unspecified atom stereocenters. The second-order valence-corrected chi connectivity index (χ2v) is 8.23. The fourth-order valence-corrected chi connectivity index (χ4v) is 4.29. The molecule has 8 nitrogen and oxygen atoms in total. The zero-order valence-electron chi connectivity index (χ0n) is 18.1. The quantitative estimate of drug-likeness (QED) is 0.396. The van der Waals surface area contributed by atoms with Crippen LogP contribution in [-0.4, -0.2) is 48.6 Å². The number of pyridine rings is 1. The predicted molar refractivity (Wildman–Crippen MR) is 120 cm³/mol. The second kappa shape index (κ2) is 10.4. The predicted octanol–water partition coefficient (Wildman–Crippen LogP) is 3.05. The first-order chi connectivity index (χ1) is 14.5. The van der Waals surface area contributed by atoms with Crippen molar-refractivity contribution >= 4 is 29.1 Å². The molecule has 1 aliphatic rings. The summed E-state index contributed by atoms with van der Waals surface area (Å²) in [7, 11) is 1.74. The highest BCUT2D eigenvalue weighted by Crippen LogP contribution is 2.24. The van der Waals surface area contributed by atoms with Crippen LogP contribution in [0.1, 0.15) is 58.7 Å². The number of nitrogens with one attached hydrogen (secondary N) is 2. The van der Waals surface area contributed by atoms with Crippen LogP contribution in [0.5, 0.6) is 0 Å². The van der Waals surface area contributed by atoms with Gasteiger partial charge in [-0.2, -0.15) is 0 Å². The van der Waals surface area contributed by atoms with Gasteiger partial charge in [0.25, 0.3) is 0 Å². The maximum atomic E-state index is 12.0. The Balaban J connectivity index is 1.59. The molecule has 0 aliphatic carbocycles. The summed E-state index contributed by atoms with van der Waals surface area (Å²) in [6.07, 6.45) is 4.32. The first-order valence-electron chi connectivity index (χ1n) is 10.3. The maximum Gasteiger partial charge on any atom is 0.350 e. The fraction of sp³-hybridized carbons (Fsp3) is 0.524. The van der Waals surface area contributed by atoms with Crippen molar-refractivity contribution < 1.29 is 9.53 Å². The van der Waals surface area contributed by atoms with Gasteiger partial charge in [0.2, 0.25) is 0 Å². The Bertz CT molecular complexity index is 891. The van der Waals surface area contributed by atoms with Crippen LogP contribution >= 0.6 is 11.3 Å². The molecule has 2 aromatic rings. The van der Waals surface area contributed by atoms with E-state index in [1.807, 2.05) is 26.1 Å². The summed E-state index contributed by atoms with van der Waals surface area (Å²) in [6, 6.07) is 4.05. The van der Waals surface area contributed by atoms with Crippen molar-refractivity contribution in [3.05, 3.63) is 39.5 Å². The molecular formula is C21H30N6O2S. The van der Waals surface area contributed by atoms with Crippen molar-refractivity contribution in [1.29, 1.82) is 0 Å². The van der Waals surface area contributed by atoms with E-state index in [1.54, 1.807) is 14.0 Å². The number of carbonyl (C=O) groups is 1. The van der Waals surface area contributed by atoms with Crippen LogP contribution in [0.4, 0.5) is 5.82 Å². The number of anilines is 1. The zero-order chi connectivity index (χ0) is 21.5. The van der Waals surface area contributed by atoms with E-state index in [9.17, 15) is 4.79 Å². The molecule has 0 radical (unpaired) electrons. The molecule has 0 spiro atoms. The molecule has 0 saturated carbocycles. The summed E-state index contributed by atoms with van der Waals surface area (Å²) in [6.45, 7) is 8.76. The number of aromatic nitrogens is 2. The Morgan fingerprint density at radius 3 is 2.87 bits per heavy atom. The molecular weight excluding hydrogens is 400 g/mol. The van der Waals surface area contributed by atoms with E-state index < -0.39 is 0 Å². The first kappa shape index (κ1) is 22.0. The van der Waals surface area contributed by atoms with Crippen LogP contribution in [0.15, 0.2) is 23.3 Å². The van der Waals surface area contributed by atoms with Crippen LogP contribution in [0.2, 0.25) is 0 Å². The molecule has 0 aromatic carbocycles. The number of nitrogens with zero attached hydrogens (tertiary/aromatic N) is 4. The molecule has 30 heavy (non-hydrogen) atoms. The van der Waals surface area contributed by atoms with Crippen LogP contribution < -0.4 is 15.5 Å². The van der Waals surface area contributed by atoms with Crippen LogP contribution in [0.3, 0.4) is 0 Å². The normalized spacial score (nSPS) is 15.2. The Morgan fingerprint density at radius 2 is 2.17 bits per heavy atom. The monoisotopic (exact) mass is 430 g/mol. The summed E-state index contributed by atoms with van der Waals surface area (Å²) in [4.78, 5) is 28.3. The molecule has 2 aromatic heterocycles. The van der Waals surface area contributed by atoms with Gasteiger partial charge in [-0.1, -0.05) is 0 Å². The number of aliphatic imine (C=N–C) groups is 1. The van der Waals surface area contributed by atoms with Gasteiger partial charge in [0.05, 0.1) is 18.3 Å². The summed E-state index contributed by atoms with van der Waals surface area (Å²) >= 11 is 1.35. The van der Waals surface area contributed by atoms with Gasteiger partial charge in [-0.15, -0.1) is 11.3 Å². The third kappa shape index (κ3) is 5.47. The number of hydrogen-bond donors (Lipinski definition) is 2. The van der Waals surface area contributed by atoms with E-state index in [-0.39, 0.29) is 12.0 Å². The lowest BCUT2D eigenvalue weighted by Crippen LogP contribution is -2.38. The van der Waals surface area contributed by atoms with Gasteiger partial charge in [0.1, 0.15) is 15.7 Å². The van der Waals surface area contributed by atoms with E-state index in [1.165, 1.54) is 24.2 Å². The van der Waals surface area contributed by atoms with Gasteiger partial charge in [-0.3, -0.25) is 4.99 Å². The van der Waals surface area contributed by atoms with Crippen molar-refractivity contribution in [3.8, 4) is 0 Å². The molecule has 162 valence electrons. The summed E-state index contributed by atoms with van der Waals surface area (Å²) in [5, 5.41) is 7.51. The Hall–Kier alpha value is -2.68. The number of thiazole rings is 1. The first-order valence-corrected chi connectivity index (χ1v) is 11.1. The van der Waals surface area contributed by atoms with E-state index in [0.29, 0.717) is 29.7 Å². The standard InChI is InChI=1S/C21H30N6O2S/c1-5-29-20(28)18-14(2)25-19(30-18)15(3)26-21(22-4)24-13-16-8-9-23-17(12-16)27-10-6-7-11-27/h8-9,12,15H,5-7,10-11,13H2,1-4H3,(H2,22,24,26). The van der Waals surface area contributed by atoms with Gasteiger partial charge in [-0.25, -0.2) is 14.8 Å². The van der Waals surface area contributed by atoms with Gasteiger partial charge in [0, 0.05) is 32.9 Å². The number of hydrogen-bond acceptors (Lipinski definition) is 7. The largest absolute Gasteiger partial charge is 0.462 e. The van der Waals surface area contributed by atoms with E-state index in [2.05, 4.69) is 36.6 Å². The minimum absolute atomic E-state index is 0.0966. The van der Waals surface area contributed by atoms with Crippen molar-refractivity contribution in [2.24, 2.45) is 4.99 Å². The molecule has 9 heteroatoms. The number of aryl methyl sites for hydroxylation is 1. The lowest BCUT2D eigenvalue weighted by molar-refractivity contribution is 0.0531. The lowest BCUT2D eigenvalue weighted by Gasteiger charge is -2.18. The maximum absolute atomic E-state index is 12.0. The lowest BCUT2D eigenvalue weighted by atomic mass is 10.2. The van der Waals surface area contributed by atoms with E-state index in [0.717, 1.165) is 29.5 Å². The van der Waals surface area contributed by atoms with Crippen molar-refractivity contribution in [2.75, 3.05) is 31.6 Å². The van der Waals surface area contributed by atoms with Gasteiger partial charge >= 0.3 is 5.97 Å². The van der Waals surface area contributed by atoms with Crippen LogP contribution in [-0.2, 0) is 11.3 Å². The number of esters is 1. The summed E-state index contributed by atoms with van der Waals surface area (Å²) in [5.41, 5.74) is 1.84. The molecule has 2 N–H and O–H groups in total. The molecule has 1 saturated heterocycles. The Kier molecular flexibility index (Phi) is 7.62. The highest BCUT2D eigenvalue weighted by Gasteiger charge is 2.20. The summed E-state index contributed by atoms with van der Waals surface area (Å²) < 4.78 is 5.10. The average Bonchev–Trinajstić information content (AvgIpc) is 3.41. The van der Waals surface area contributed by atoms with E-state index in [4.69, 9.17) is 4.74 Å². The van der Waals surface area contributed by atoms with Crippen LogP contribution in [0.25, 0.3) is 0 Å².